The molecule has 1 aliphatic rings. The molecule has 2 N–H and O–H groups in total. The van der Waals surface area contributed by atoms with E-state index in [0.717, 1.165) is 12.1 Å². The Morgan fingerprint density at radius 2 is 1.94 bits per heavy atom. The third kappa shape index (κ3) is 3.78. The lowest BCUT2D eigenvalue weighted by molar-refractivity contribution is -0.122. The van der Waals surface area contributed by atoms with Gasteiger partial charge in [-0.1, -0.05) is 31.2 Å². The van der Waals surface area contributed by atoms with Crippen molar-refractivity contribution < 1.29 is 9.59 Å². The third-order valence-corrected chi connectivity index (χ3v) is 5.91. The molecule has 0 bridgehead atoms. The molecule has 9 nitrogen and oxygen atoms in total. The molecule has 1 saturated heterocycles. The predicted octanol–water partition coefficient (Wildman–Crippen LogP) is 2.66. The van der Waals surface area contributed by atoms with E-state index in [2.05, 4.69) is 27.3 Å². The van der Waals surface area contributed by atoms with Crippen molar-refractivity contribution in [2.75, 3.05) is 16.8 Å². The molecule has 1 fully saturated rings. The van der Waals surface area contributed by atoms with Gasteiger partial charge in [-0.15, -0.1) is 0 Å². The van der Waals surface area contributed by atoms with E-state index >= 15 is 0 Å². The smallest absolute Gasteiger partial charge is 0.261 e. The van der Waals surface area contributed by atoms with Crippen LogP contribution in [0.3, 0.4) is 0 Å². The number of fused-ring (bicyclic) bond motifs is 1. The molecule has 2 amide bonds. The molecule has 2 aromatic heterocycles. The van der Waals surface area contributed by atoms with Gasteiger partial charge in [-0.3, -0.25) is 14.4 Å². The van der Waals surface area contributed by atoms with Gasteiger partial charge in [-0.05, 0) is 36.2 Å². The summed E-state index contributed by atoms with van der Waals surface area (Å²) in [6.07, 6.45) is 3.83. The Balaban J connectivity index is 1.38. The first-order valence-corrected chi connectivity index (χ1v) is 10.8. The van der Waals surface area contributed by atoms with Crippen LogP contribution in [0.4, 0.5) is 11.4 Å². The van der Waals surface area contributed by atoms with Crippen molar-refractivity contribution >= 4 is 34.2 Å². The number of rotatable bonds is 5. The van der Waals surface area contributed by atoms with Gasteiger partial charge in [-0.25, -0.2) is 9.67 Å². The normalized spacial score (nSPS) is 15.8. The number of benzene rings is 2. The molecule has 0 saturated carbocycles. The van der Waals surface area contributed by atoms with E-state index in [9.17, 15) is 14.4 Å². The molecule has 4 aromatic rings. The number of nitrogens with zero attached hydrogens (tertiary/aromatic N) is 4. The lowest BCUT2D eigenvalue weighted by Gasteiger charge is -2.17. The molecule has 0 aliphatic carbocycles. The topological polar surface area (TPSA) is 113 Å². The first-order chi connectivity index (χ1) is 16.0. The summed E-state index contributed by atoms with van der Waals surface area (Å²) >= 11 is 0. The van der Waals surface area contributed by atoms with Crippen LogP contribution in [0.2, 0.25) is 0 Å². The predicted molar refractivity (Wildman–Crippen MR) is 124 cm³/mol. The Morgan fingerprint density at radius 3 is 2.73 bits per heavy atom. The number of para-hydroxylation sites is 2. The summed E-state index contributed by atoms with van der Waals surface area (Å²) in [7, 11) is 0. The second-order valence-corrected chi connectivity index (χ2v) is 7.96. The number of aryl methyl sites for hydroxylation is 1. The maximum Gasteiger partial charge on any atom is 0.261 e. The zero-order chi connectivity index (χ0) is 22.9. The monoisotopic (exact) mass is 442 g/mol. The average Bonchev–Trinajstić information content (AvgIpc) is 3.44. The summed E-state index contributed by atoms with van der Waals surface area (Å²) < 4.78 is 1.52. The fourth-order valence-electron chi connectivity index (χ4n) is 4.08. The van der Waals surface area contributed by atoms with Crippen LogP contribution >= 0.6 is 0 Å². The van der Waals surface area contributed by atoms with E-state index in [1.165, 1.54) is 22.8 Å². The number of anilines is 2. The highest BCUT2D eigenvalue weighted by molar-refractivity contribution is 6.04. The molecule has 2 aromatic carbocycles. The van der Waals surface area contributed by atoms with Gasteiger partial charge in [0.05, 0.1) is 29.8 Å². The Morgan fingerprint density at radius 1 is 1.15 bits per heavy atom. The minimum Gasteiger partial charge on any atom is -0.324 e. The van der Waals surface area contributed by atoms with E-state index < -0.39 is 5.92 Å². The van der Waals surface area contributed by atoms with Gasteiger partial charge >= 0.3 is 0 Å². The van der Waals surface area contributed by atoms with E-state index in [0.29, 0.717) is 29.0 Å². The Hall–Kier alpha value is -4.27. The molecular formula is C24H22N6O3. The van der Waals surface area contributed by atoms with Gasteiger partial charge in [0.25, 0.3) is 5.56 Å². The molecule has 166 valence electrons. The molecule has 5 rings (SSSR count). The molecule has 3 heterocycles. The molecule has 9 heteroatoms. The first-order valence-electron chi connectivity index (χ1n) is 10.8. The zero-order valence-electron chi connectivity index (χ0n) is 18.0. The molecule has 1 unspecified atom stereocenters. The SMILES string of the molecule is CCc1ccc(N2CC(C(=O)Nc3ccccc3-n3ncc4c(=O)[nH]cnc43)CC2=O)cc1. The maximum atomic E-state index is 13.1. The Kier molecular flexibility index (Phi) is 5.21. The van der Waals surface area contributed by atoms with Gasteiger partial charge in [-0.2, -0.15) is 5.10 Å². The van der Waals surface area contributed by atoms with Gasteiger partial charge in [0, 0.05) is 18.7 Å². The fraction of sp³-hybridized carbons (Fsp3) is 0.208. The number of aromatic nitrogens is 4. The number of aromatic amines is 1. The Bertz CT molecular complexity index is 1410. The number of carbonyl (C=O) groups excluding carboxylic acids is 2. The van der Waals surface area contributed by atoms with Gasteiger partial charge in [0.1, 0.15) is 5.39 Å². The standard InChI is InChI=1S/C24H22N6O3/c1-2-15-7-9-17(10-8-15)29-13-16(11-21(29)31)23(32)28-19-5-3-4-6-20(19)30-22-18(12-27-30)24(33)26-14-25-22/h3-10,12,14,16H,2,11,13H2,1H3,(H,28,32)(H,25,26,33). The van der Waals surface area contributed by atoms with Crippen LogP contribution in [0.15, 0.2) is 65.8 Å². The first kappa shape index (κ1) is 20.6. The molecular weight excluding hydrogens is 420 g/mol. The minimum absolute atomic E-state index is 0.0748. The largest absolute Gasteiger partial charge is 0.324 e. The van der Waals surface area contributed by atoms with Crippen molar-refractivity contribution in [3.05, 3.63) is 77.0 Å². The van der Waals surface area contributed by atoms with Crippen LogP contribution in [0.1, 0.15) is 18.9 Å². The van der Waals surface area contributed by atoms with Crippen LogP contribution in [0.5, 0.6) is 0 Å². The molecule has 0 spiro atoms. The third-order valence-electron chi connectivity index (χ3n) is 5.91. The summed E-state index contributed by atoms with van der Waals surface area (Å²) in [5, 5.41) is 7.58. The van der Waals surface area contributed by atoms with Crippen molar-refractivity contribution in [3.8, 4) is 5.69 Å². The highest BCUT2D eigenvalue weighted by atomic mass is 16.2. The van der Waals surface area contributed by atoms with Gasteiger partial charge in [0.2, 0.25) is 11.8 Å². The minimum atomic E-state index is -0.480. The van der Waals surface area contributed by atoms with Crippen molar-refractivity contribution in [1.29, 1.82) is 0 Å². The number of hydrogen-bond acceptors (Lipinski definition) is 5. The maximum absolute atomic E-state index is 13.1. The summed E-state index contributed by atoms with van der Waals surface area (Å²) in [6, 6.07) is 15.0. The highest BCUT2D eigenvalue weighted by Gasteiger charge is 2.35. The van der Waals surface area contributed by atoms with Crippen LogP contribution in [-0.2, 0) is 16.0 Å². The number of hydrogen-bond donors (Lipinski definition) is 2. The zero-order valence-corrected chi connectivity index (χ0v) is 18.0. The van der Waals surface area contributed by atoms with E-state index in [-0.39, 0.29) is 23.8 Å². The fourth-order valence-corrected chi connectivity index (χ4v) is 4.08. The van der Waals surface area contributed by atoms with E-state index in [1.54, 1.807) is 23.1 Å². The van der Waals surface area contributed by atoms with Crippen molar-refractivity contribution in [3.63, 3.8) is 0 Å². The summed E-state index contributed by atoms with van der Waals surface area (Å²) in [4.78, 5) is 46.1. The van der Waals surface area contributed by atoms with Crippen molar-refractivity contribution in [2.24, 2.45) is 5.92 Å². The Labute approximate surface area is 189 Å². The molecule has 1 aliphatic heterocycles. The van der Waals surface area contributed by atoms with E-state index in [4.69, 9.17) is 0 Å². The van der Waals surface area contributed by atoms with Crippen molar-refractivity contribution in [1.82, 2.24) is 19.7 Å². The number of nitrogens with one attached hydrogen (secondary N) is 2. The second-order valence-electron chi connectivity index (χ2n) is 7.96. The van der Waals surface area contributed by atoms with Crippen LogP contribution in [-0.4, -0.2) is 38.1 Å². The van der Waals surface area contributed by atoms with Crippen LogP contribution < -0.4 is 15.8 Å². The average molecular weight is 442 g/mol. The van der Waals surface area contributed by atoms with Gasteiger partial charge in [0.15, 0.2) is 5.65 Å². The molecule has 0 radical (unpaired) electrons. The highest BCUT2D eigenvalue weighted by Crippen LogP contribution is 2.28. The van der Waals surface area contributed by atoms with Crippen LogP contribution in [0.25, 0.3) is 16.7 Å². The molecule has 1 atom stereocenters. The van der Waals surface area contributed by atoms with Crippen LogP contribution in [0, 0.1) is 5.92 Å². The second kappa shape index (κ2) is 8.34. The summed E-state index contributed by atoms with van der Waals surface area (Å²) in [5.74, 6) is -0.799. The summed E-state index contributed by atoms with van der Waals surface area (Å²) in [6.45, 7) is 2.40. The molecule has 33 heavy (non-hydrogen) atoms. The summed E-state index contributed by atoms with van der Waals surface area (Å²) in [5.41, 5.74) is 3.19. The number of H-pyrrole nitrogens is 1. The van der Waals surface area contributed by atoms with Gasteiger partial charge < -0.3 is 15.2 Å². The number of carbonyl (C=O) groups is 2. The van der Waals surface area contributed by atoms with Crippen molar-refractivity contribution in [2.45, 2.75) is 19.8 Å². The number of amides is 2. The van der Waals surface area contributed by atoms with E-state index in [1.807, 2.05) is 30.3 Å². The quantitative estimate of drug-likeness (QED) is 0.493. The lowest BCUT2D eigenvalue weighted by Crippen LogP contribution is -2.28. The lowest BCUT2D eigenvalue weighted by atomic mass is 10.1.